The number of aromatic nitrogens is 2. The number of methoxy groups -OCH3 is 1. The minimum absolute atomic E-state index is 0. The molecule has 31 heavy (non-hydrogen) atoms. The van der Waals surface area contributed by atoms with Crippen molar-refractivity contribution in [3.63, 3.8) is 0 Å². The first-order chi connectivity index (χ1) is 14.6. The molecule has 2 aliphatic rings. The van der Waals surface area contributed by atoms with Crippen molar-refractivity contribution in [3.8, 4) is 11.5 Å². The lowest BCUT2D eigenvalue weighted by Gasteiger charge is -2.34. The summed E-state index contributed by atoms with van der Waals surface area (Å²) in [6.07, 6.45) is 4.99. The van der Waals surface area contributed by atoms with Crippen LogP contribution in [0.3, 0.4) is 0 Å². The van der Waals surface area contributed by atoms with E-state index in [1.807, 2.05) is 19.4 Å². The van der Waals surface area contributed by atoms with E-state index < -0.39 is 0 Å². The molecular formula is C22H32IN5O3. The van der Waals surface area contributed by atoms with E-state index >= 15 is 0 Å². The van der Waals surface area contributed by atoms with Crippen LogP contribution in [0.2, 0.25) is 0 Å². The van der Waals surface area contributed by atoms with Gasteiger partial charge in [-0.05, 0) is 26.0 Å². The van der Waals surface area contributed by atoms with E-state index in [9.17, 15) is 0 Å². The maximum Gasteiger partial charge on any atom is 0.194 e. The molecule has 1 N–H and O–H groups in total. The van der Waals surface area contributed by atoms with Crippen molar-refractivity contribution >= 4 is 29.9 Å². The Morgan fingerprint density at radius 3 is 2.94 bits per heavy atom. The fourth-order valence-corrected chi connectivity index (χ4v) is 4.03. The SMILES string of the molecule is CCNC(=NCc1cc2c(cc1OC)CC(C)O2)N1CCOC(c2cnn(C)c2)C1.I. The van der Waals surface area contributed by atoms with Gasteiger partial charge in [0.25, 0.3) is 0 Å². The summed E-state index contributed by atoms with van der Waals surface area (Å²) in [5.74, 6) is 2.69. The van der Waals surface area contributed by atoms with Gasteiger partial charge in [-0.15, -0.1) is 24.0 Å². The Bertz CT molecular complexity index is 917. The van der Waals surface area contributed by atoms with E-state index in [1.165, 1.54) is 5.56 Å². The number of nitrogens with zero attached hydrogens (tertiary/aromatic N) is 4. The number of halogens is 1. The lowest BCUT2D eigenvalue weighted by Crippen LogP contribution is -2.48. The molecule has 0 bridgehead atoms. The number of aliphatic imine (C=N–C) groups is 1. The van der Waals surface area contributed by atoms with Crippen molar-refractivity contribution in [2.24, 2.45) is 12.0 Å². The Balaban J connectivity index is 0.00000272. The van der Waals surface area contributed by atoms with Crippen LogP contribution in [-0.4, -0.2) is 60.1 Å². The summed E-state index contributed by atoms with van der Waals surface area (Å²) in [7, 11) is 3.63. The number of fused-ring (bicyclic) bond motifs is 1. The zero-order valence-corrected chi connectivity index (χ0v) is 21.0. The third kappa shape index (κ3) is 5.43. The molecule has 0 radical (unpaired) electrons. The third-order valence-corrected chi connectivity index (χ3v) is 5.50. The fraction of sp³-hybridized carbons (Fsp3) is 0.545. The summed E-state index contributed by atoms with van der Waals surface area (Å²) in [5.41, 5.74) is 3.31. The summed E-state index contributed by atoms with van der Waals surface area (Å²) in [5, 5.41) is 7.70. The topological polar surface area (TPSA) is 73.1 Å². The molecule has 9 heteroatoms. The molecule has 0 aliphatic carbocycles. The standard InChI is InChI=1S/C22H31N5O3.HI/c1-5-23-22(27-6-7-29-21(14-27)18-12-25-26(3)13-18)24-11-17-10-20-16(8-15(2)30-20)9-19(17)28-4;/h9-10,12-13,15,21H,5-8,11,14H2,1-4H3,(H,23,24);1H. The average Bonchev–Trinajstić information content (AvgIpc) is 3.34. The first-order valence-electron chi connectivity index (χ1n) is 10.6. The zero-order valence-electron chi connectivity index (χ0n) is 18.6. The molecule has 1 saturated heterocycles. The van der Waals surface area contributed by atoms with Crippen LogP contribution < -0.4 is 14.8 Å². The summed E-state index contributed by atoms with van der Waals surface area (Å²) < 4.78 is 19.3. The second kappa shape index (κ2) is 10.5. The van der Waals surface area contributed by atoms with Gasteiger partial charge in [-0.3, -0.25) is 4.68 Å². The highest BCUT2D eigenvalue weighted by molar-refractivity contribution is 14.0. The van der Waals surface area contributed by atoms with Crippen molar-refractivity contribution in [1.82, 2.24) is 20.0 Å². The van der Waals surface area contributed by atoms with Gasteiger partial charge in [-0.25, -0.2) is 4.99 Å². The molecule has 0 spiro atoms. The molecule has 1 aromatic heterocycles. The summed E-state index contributed by atoms with van der Waals surface area (Å²) in [4.78, 5) is 7.17. The molecule has 0 saturated carbocycles. The second-order valence-electron chi connectivity index (χ2n) is 7.83. The Kier molecular flexibility index (Phi) is 8.04. The number of nitrogens with one attached hydrogen (secondary N) is 1. The monoisotopic (exact) mass is 541 g/mol. The van der Waals surface area contributed by atoms with Crippen molar-refractivity contribution in [1.29, 1.82) is 0 Å². The predicted molar refractivity (Wildman–Crippen MR) is 130 cm³/mol. The Morgan fingerprint density at radius 2 is 2.23 bits per heavy atom. The van der Waals surface area contributed by atoms with Crippen molar-refractivity contribution < 1.29 is 14.2 Å². The average molecular weight is 541 g/mol. The van der Waals surface area contributed by atoms with Crippen LogP contribution in [-0.2, 0) is 24.8 Å². The van der Waals surface area contributed by atoms with Crippen LogP contribution in [0.5, 0.6) is 11.5 Å². The van der Waals surface area contributed by atoms with Crippen LogP contribution >= 0.6 is 24.0 Å². The van der Waals surface area contributed by atoms with E-state index in [2.05, 4.69) is 41.3 Å². The highest BCUT2D eigenvalue weighted by Crippen LogP contribution is 2.35. The number of aryl methyl sites for hydroxylation is 1. The zero-order chi connectivity index (χ0) is 21.1. The number of rotatable bonds is 5. The van der Waals surface area contributed by atoms with Gasteiger partial charge < -0.3 is 24.4 Å². The summed E-state index contributed by atoms with van der Waals surface area (Å²) in [6, 6.07) is 4.16. The van der Waals surface area contributed by atoms with Crippen LogP contribution in [0, 0.1) is 0 Å². The highest BCUT2D eigenvalue weighted by Gasteiger charge is 2.26. The van der Waals surface area contributed by atoms with Crippen molar-refractivity contribution in [2.45, 2.75) is 39.0 Å². The Labute approximate surface area is 201 Å². The number of guanidine groups is 1. The van der Waals surface area contributed by atoms with Crippen molar-refractivity contribution in [3.05, 3.63) is 41.2 Å². The molecule has 0 amide bonds. The lowest BCUT2D eigenvalue weighted by molar-refractivity contribution is -0.00805. The molecule has 8 nitrogen and oxygen atoms in total. The van der Waals surface area contributed by atoms with E-state index in [1.54, 1.807) is 11.8 Å². The largest absolute Gasteiger partial charge is 0.496 e. The number of benzene rings is 1. The number of ether oxygens (including phenoxy) is 3. The molecule has 170 valence electrons. The molecular weight excluding hydrogens is 509 g/mol. The molecule has 2 atom stereocenters. The van der Waals surface area contributed by atoms with Crippen molar-refractivity contribution in [2.75, 3.05) is 33.4 Å². The van der Waals surface area contributed by atoms with E-state index in [0.29, 0.717) is 13.2 Å². The van der Waals surface area contributed by atoms with Gasteiger partial charge in [0.1, 0.15) is 23.7 Å². The van der Waals surface area contributed by atoms with Crippen LogP contribution in [0.4, 0.5) is 0 Å². The minimum Gasteiger partial charge on any atom is -0.496 e. The molecule has 1 aromatic carbocycles. The van der Waals surface area contributed by atoms with Gasteiger partial charge in [0.2, 0.25) is 0 Å². The summed E-state index contributed by atoms with van der Waals surface area (Å²) >= 11 is 0. The van der Waals surface area contributed by atoms with Gasteiger partial charge >= 0.3 is 0 Å². The molecule has 1 fully saturated rings. The molecule has 2 unspecified atom stereocenters. The molecule has 3 heterocycles. The molecule has 4 rings (SSSR count). The third-order valence-electron chi connectivity index (χ3n) is 5.50. The van der Waals surface area contributed by atoms with E-state index in [0.717, 1.165) is 54.6 Å². The number of hydrogen-bond donors (Lipinski definition) is 1. The predicted octanol–water partition coefficient (Wildman–Crippen LogP) is 2.91. The lowest BCUT2D eigenvalue weighted by atomic mass is 10.1. The van der Waals surface area contributed by atoms with Crippen LogP contribution in [0.25, 0.3) is 0 Å². The minimum atomic E-state index is -0.0132. The normalized spacial score (nSPS) is 20.6. The van der Waals surface area contributed by atoms with Gasteiger partial charge in [0, 0.05) is 49.4 Å². The summed E-state index contributed by atoms with van der Waals surface area (Å²) in [6.45, 7) is 7.67. The Hall–Kier alpha value is -2.01. The second-order valence-corrected chi connectivity index (χ2v) is 7.83. The Morgan fingerprint density at radius 1 is 1.39 bits per heavy atom. The van der Waals surface area contributed by atoms with E-state index in [-0.39, 0.29) is 36.2 Å². The molecule has 2 aliphatic heterocycles. The van der Waals surface area contributed by atoms with E-state index in [4.69, 9.17) is 19.2 Å². The number of hydrogen-bond acceptors (Lipinski definition) is 5. The fourth-order valence-electron chi connectivity index (χ4n) is 4.03. The van der Waals surface area contributed by atoms with Gasteiger partial charge in [-0.1, -0.05) is 0 Å². The van der Waals surface area contributed by atoms with Gasteiger partial charge in [0.15, 0.2) is 5.96 Å². The first-order valence-corrected chi connectivity index (χ1v) is 10.6. The highest BCUT2D eigenvalue weighted by atomic mass is 127. The maximum absolute atomic E-state index is 5.98. The maximum atomic E-state index is 5.98. The number of morpholine rings is 1. The van der Waals surface area contributed by atoms with Crippen LogP contribution in [0.15, 0.2) is 29.5 Å². The first kappa shape index (κ1) is 23.6. The van der Waals surface area contributed by atoms with Crippen LogP contribution in [0.1, 0.15) is 36.6 Å². The molecule has 2 aromatic rings. The smallest absolute Gasteiger partial charge is 0.194 e. The van der Waals surface area contributed by atoms with Gasteiger partial charge in [0.05, 0.1) is 33.0 Å². The van der Waals surface area contributed by atoms with Gasteiger partial charge in [-0.2, -0.15) is 5.10 Å². The quantitative estimate of drug-likeness (QED) is 0.357.